The smallest absolute Gasteiger partial charge is 0.325 e. The van der Waals surface area contributed by atoms with E-state index in [4.69, 9.17) is 5.73 Å². The Labute approximate surface area is 221 Å². The van der Waals surface area contributed by atoms with Crippen molar-refractivity contribution in [3.8, 4) is 0 Å². The number of amides is 4. The van der Waals surface area contributed by atoms with Crippen molar-refractivity contribution in [2.24, 2.45) is 5.73 Å². The molecule has 0 fully saturated rings. The molecule has 0 aliphatic carbocycles. The minimum atomic E-state index is -1.14. The Balaban J connectivity index is 1.67. The molecule has 0 saturated heterocycles. The van der Waals surface area contributed by atoms with E-state index in [2.05, 4.69) is 10.6 Å². The Morgan fingerprint density at radius 3 is 2.33 bits per heavy atom. The van der Waals surface area contributed by atoms with Crippen LogP contribution in [0.2, 0.25) is 0 Å². The number of benzene rings is 3. The highest BCUT2D eigenvalue weighted by atomic mass is 19.1. The molecule has 3 aromatic carbocycles. The molecule has 0 aromatic heterocycles. The van der Waals surface area contributed by atoms with Crippen molar-refractivity contribution in [3.63, 3.8) is 0 Å². The van der Waals surface area contributed by atoms with Crippen molar-refractivity contribution < 1.29 is 31.9 Å². The molecule has 1 atom stereocenters. The summed E-state index contributed by atoms with van der Waals surface area (Å²) in [5.41, 5.74) is 6.06. The summed E-state index contributed by atoms with van der Waals surface area (Å²) < 4.78 is 56.1. The van der Waals surface area contributed by atoms with E-state index in [9.17, 15) is 31.9 Å². The fourth-order valence-corrected chi connectivity index (χ4v) is 4.30. The van der Waals surface area contributed by atoms with Crippen molar-refractivity contribution in [1.29, 1.82) is 0 Å². The van der Waals surface area contributed by atoms with E-state index in [1.165, 1.54) is 40.1 Å². The van der Waals surface area contributed by atoms with Crippen molar-refractivity contribution in [3.05, 3.63) is 94.1 Å². The molecule has 1 aliphatic heterocycles. The molecule has 4 N–H and O–H groups in total. The van der Waals surface area contributed by atoms with Gasteiger partial charge in [0, 0.05) is 48.1 Å². The van der Waals surface area contributed by atoms with Gasteiger partial charge in [0.2, 0.25) is 5.91 Å². The first-order valence-electron chi connectivity index (χ1n) is 11.9. The van der Waals surface area contributed by atoms with Crippen LogP contribution in [0.3, 0.4) is 0 Å². The van der Waals surface area contributed by atoms with Gasteiger partial charge in [-0.05, 0) is 36.8 Å². The lowest BCUT2D eigenvalue weighted by Crippen LogP contribution is -2.47. The number of fused-ring (bicyclic) bond motifs is 1. The third-order valence-corrected chi connectivity index (χ3v) is 6.57. The number of carbonyl (C=O) groups is 3. The first kappa shape index (κ1) is 27.6. The third-order valence-electron chi connectivity index (χ3n) is 6.57. The fourth-order valence-electron chi connectivity index (χ4n) is 4.30. The SMILES string of the molecule is C[C@H]1c2ccc(C(=O)NCc3c(F)cc(F)cc3F)cc2N(Cc2c(F)cccc2NC(=O)CN)C(=O)N1C. The molecular weight excluding hydrogens is 518 g/mol. The van der Waals surface area contributed by atoms with Gasteiger partial charge in [-0.15, -0.1) is 0 Å². The first-order chi connectivity index (χ1) is 18.5. The topological polar surface area (TPSA) is 108 Å². The zero-order valence-corrected chi connectivity index (χ0v) is 21.0. The van der Waals surface area contributed by atoms with Gasteiger partial charge in [0.05, 0.1) is 24.8 Å². The molecule has 0 spiro atoms. The molecule has 3 aromatic rings. The molecule has 4 amide bonds. The van der Waals surface area contributed by atoms with Gasteiger partial charge in [0.15, 0.2) is 0 Å². The van der Waals surface area contributed by atoms with Crippen LogP contribution in [0.25, 0.3) is 0 Å². The van der Waals surface area contributed by atoms with E-state index in [1.54, 1.807) is 20.0 Å². The Hall–Kier alpha value is -4.45. The van der Waals surface area contributed by atoms with E-state index in [1.807, 2.05) is 0 Å². The minimum absolute atomic E-state index is 0.0265. The summed E-state index contributed by atoms with van der Waals surface area (Å²) in [6.07, 6.45) is 0. The molecule has 204 valence electrons. The minimum Gasteiger partial charge on any atom is -0.348 e. The van der Waals surface area contributed by atoms with Crippen LogP contribution in [0.1, 0.15) is 40.0 Å². The monoisotopic (exact) mass is 543 g/mol. The highest BCUT2D eigenvalue weighted by Crippen LogP contribution is 2.38. The number of rotatable bonds is 7. The molecule has 12 heteroatoms. The second kappa shape index (κ2) is 11.1. The predicted octanol–water partition coefficient (Wildman–Crippen LogP) is 4.20. The summed E-state index contributed by atoms with van der Waals surface area (Å²) in [6.45, 7) is 0.623. The molecule has 4 rings (SSSR count). The molecule has 8 nitrogen and oxygen atoms in total. The standard InChI is InChI=1S/C27H25F4N5O3/c1-14-17-7-6-15(26(38)33-12-18-21(30)9-16(28)10-22(18)31)8-24(17)36(27(39)35(14)2)13-19-20(29)4-3-5-23(19)34-25(37)11-32/h3-10,14H,11-13,32H2,1-2H3,(H,33,38)(H,34,37)/t14-/m0/s1. The van der Waals surface area contributed by atoms with Crippen LogP contribution in [0, 0.1) is 23.3 Å². The number of carbonyl (C=O) groups excluding carboxylic acids is 3. The number of halogens is 4. The Bertz CT molecular complexity index is 1440. The maximum absolute atomic E-state index is 14.9. The van der Waals surface area contributed by atoms with E-state index in [0.29, 0.717) is 23.4 Å². The first-order valence-corrected chi connectivity index (χ1v) is 11.9. The lowest BCUT2D eigenvalue weighted by Gasteiger charge is -2.40. The van der Waals surface area contributed by atoms with Gasteiger partial charge < -0.3 is 21.3 Å². The maximum atomic E-state index is 14.9. The van der Waals surface area contributed by atoms with Gasteiger partial charge in [-0.3, -0.25) is 14.5 Å². The maximum Gasteiger partial charge on any atom is 0.325 e. The predicted molar refractivity (Wildman–Crippen MR) is 136 cm³/mol. The lowest BCUT2D eigenvalue weighted by atomic mass is 9.98. The number of hydrogen-bond acceptors (Lipinski definition) is 4. The second-order valence-electron chi connectivity index (χ2n) is 8.98. The molecule has 0 unspecified atom stereocenters. The Morgan fingerprint density at radius 2 is 1.67 bits per heavy atom. The molecule has 1 aliphatic rings. The van der Waals surface area contributed by atoms with Gasteiger partial charge in [-0.25, -0.2) is 22.4 Å². The molecule has 39 heavy (non-hydrogen) atoms. The van der Waals surface area contributed by atoms with Crippen LogP contribution in [0.5, 0.6) is 0 Å². The highest BCUT2D eigenvalue weighted by molar-refractivity contribution is 6.00. The van der Waals surface area contributed by atoms with Crippen LogP contribution in [0.4, 0.5) is 33.7 Å². The summed E-state index contributed by atoms with van der Waals surface area (Å²) in [6, 6.07) is 8.75. The second-order valence-corrected chi connectivity index (χ2v) is 8.98. The summed E-state index contributed by atoms with van der Waals surface area (Å²) in [5, 5.41) is 4.91. The van der Waals surface area contributed by atoms with Crippen LogP contribution < -0.4 is 21.3 Å². The number of anilines is 2. The normalized spacial score (nSPS) is 14.7. The fraction of sp³-hybridized carbons (Fsp3) is 0.222. The van der Waals surface area contributed by atoms with E-state index >= 15 is 0 Å². The third kappa shape index (κ3) is 5.55. The average molecular weight is 544 g/mol. The number of nitrogens with one attached hydrogen (secondary N) is 2. The summed E-state index contributed by atoms with van der Waals surface area (Å²) >= 11 is 0. The molecule has 0 saturated carbocycles. The van der Waals surface area contributed by atoms with Gasteiger partial charge >= 0.3 is 6.03 Å². The molecule has 0 radical (unpaired) electrons. The molecule has 1 heterocycles. The lowest BCUT2D eigenvalue weighted by molar-refractivity contribution is -0.114. The van der Waals surface area contributed by atoms with Crippen LogP contribution in [0.15, 0.2) is 48.5 Å². The van der Waals surface area contributed by atoms with E-state index < -0.39 is 53.2 Å². The van der Waals surface area contributed by atoms with Crippen LogP contribution in [-0.2, 0) is 17.9 Å². The molecule has 0 bridgehead atoms. The summed E-state index contributed by atoms with van der Waals surface area (Å²) in [4.78, 5) is 40.8. The quantitative estimate of drug-likeness (QED) is 0.388. The summed E-state index contributed by atoms with van der Waals surface area (Å²) in [7, 11) is 1.58. The van der Waals surface area contributed by atoms with Crippen molar-refractivity contribution in [2.75, 3.05) is 23.8 Å². The molecular formula is C27H25F4N5O3. The number of nitrogens with two attached hydrogens (primary N) is 1. The van der Waals surface area contributed by atoms with E-state index in [-0.39, 0.29) is 35.9 Å². The van der Waals surface area contributed by atoms with E-state index in [0.717, 1.165) is 0 Å². The van der Waals surface area contributed by atoms with Crippen molar-refractivity contribution in [2.45, 2.75) is 26.1 Å². The van der Waals surface area contributed by atoms with Gasteiger partial charge in [-0.2, -0.15) is 0 Å². The van der Waals surface area contributed by atoms with Gasteiger partial charge in [0.1, 0.15) is 23.3 Å². The highest BCUT2D eigenvalue weighted by Gasteiger charge is 2.34. The van der Waals surface area contributed by atoms with Gasteiger partial charge in [0.25, 0.3) is 5.91 Å². The zero-order chi connectivity index (χ0) is 28.4. The summed E-state index contributed by atoms with van der Waals surface area (Å²) in [5.74, 6) is -5.30. The number of nitrogens with zero attached hydrogens (tertiary/aromatic N) is 2. The van der Waals surface area contributed by atoms with Crippen LogP contribution in [-0.4, -0.2) is 36.3 Å². The number of hydrogen-bond donors (Lipinski definition) is 3. The van der Waals surface area contributed by atoms with Crippen molar-refractivity contribution in [1.82, 2.24) is 10.2 Å². The Kier molecular flexibility index (Phi) is 7.86. The van der Waals surface area contributed by atoms with Crippen molar-refractivity contribution >= 4 is 29.2 Å². The van der Waals surface area contributed by atoms with Crippen LogP contribution >= 0.6 is 0 Å². The Morgan fingerprint density at radius 1 is 0.974 bits per heavy atom. The number of urea groups is 1. The largest absolute Gasteiger partial charge is 0.348 e. The van der Waals surface area contributed by atoms with Gasteiger partial charge in [-0.1, -0.05) is 12.1 Å². The average Bonchev–Trinajstić information content (AvgIpc) is 2.90. The zero-order valence-electron chi connectivity index (χ0n) is 21.0.